The van der Waals surface area contributed by atoms with Gasteiger partial charge in [-0.3, -0.25) is 0 Å². The predicted molar refractivity (Wildman–Crippen MR) is 83.8 cm³/mol. The fourth-order valence-corrected chi connectivity index (χ4v) is 3.18. The molecule has 0 bridgehead atoms. The van der Waals surface area contributed by atoms with Gasteiger partial charge in [-0.1, -0.05) is 13.3 Å². The number of anilines is 1. The molecule has 0 unspecified atom stereocenters. The first-order valence-electron chi connectivity index (χ1n) is 8.29. The second kappa shape index (κ2) is 7.07. The normalized spacial score (nSPS) is 21.5. The predicted octanol–water partition coefficient (Wildman–Crippen LogP) is 2.23. The van der Waals surface area contributed by atoms with Gasteiger partial charge in [0.2, 0.25) is 5.95 Å². The lowest BCUT2D eigenvalue weighted by atomic mass is 9.95. The number of nitrogens with one attached hydrogen (secondary N) is 1. The Kier molecular flexibility index (Phi) is 4.91. The molecule has 0 spiro atoms. The van der Waals surface area contributed by atoms with E-state index in [2.05, 4.69) is 27.1 Å². The first-order valence-corrected chi connectivity index (χ1v) is 8.29. The molecule has 5 nitrogen and oxygen atoms in total. The van der Waals surface area contributed by atoms with E-state index in [1.54, 1.807) is 0 Å². The number of hydrogen-bond donors (Lipinski definition) is 1. The van der Waals surface area contributed by atoms with Crippen LogP contribution in [0.2, 0.25) is 0 Å². The molecule has 0 aliphatic carbocycles. The van der Waals surface area contributed by atoms with Gasteiger partial charge in [-0.25, -0.2) is 9.97 Å². The van der Waals surface area contributed by atoms with E-state index in [-0.39, 0.29) is 0 Å². The Bertz CT molecular complexity index is 422. The Balaban J connectivity index is 1.54. The van der Waals surface area contributed by atoms with Crippen LogP contribution in [-0.4, -0.2) is 42.3 Å². The lowest BCUT2D eigenvalue weighted by Gasteiger charge is -2.31. The van der Waals surface area contributed by atoms with Crippen molar-refractivity contribution in [3.63, 3.8) is 0 Å². The Labute approximate surface area is 127 Å². The lowest BCUT2D eigenvalue weighted by Crippen LogP contribution is -2.35. The number of rotatable bonds is 4. The van der Waals surface area contributed by atoms with Crippen LogP contribution in [0.1, 0.15) is 39.0 Å². The van der Waals surface area contributed by atoms with Crippen LogP contribution in [0.3, 0.4) is 0 Å². The summed E-state index contributed by atoms with van der Waals surface area (Å²) in [4.78, 5) is 11.3. The topological polar surface area (TPSA) is 50.3 Å². The van der Waals surface area contributed by atoms with Gasteiger partial charge in [0.15, 0.2) is 5.75 Å². The molecule has 3 rings (SSSR count). The lowest BCUT2D eigenvalue weighted by molar-refractivity contribution is 0.161. The molecule has 1 aromatic heterocycles. The molecular formula is C16H26N4O. The molecule has 2 aliphatic heterocycles. The van der Waals surface area contributed by atoms with E-state index in [4.69, 9.17) is 4.74 Å². The van der Waals surface area contributed by atoms with E-state index in [1.165, 1.54) is 19.3 Å². The molecule has 0 aromatic carbocycles. The van der Waals surface area contributed by atoms with Crippen molar-refractivity contribution in [2.24, 2.45) is 5.92 Å². The molecule has 0 saturated carbocycles. The van der Waals surface area contributed by atoms with Gasteiger partial charge in [0, 0.05) is 13.1 Å². The van der Waals surface area contributed by atoms with Crippen molar-refractivity contribution < 1.29 is 4.74 Å². The summed E-state index contributed by atoms with van der Waals surface area (Å²) in [6.07, 6.45) is 9.89. The Morgan fingerprint density at radius 2 is 1.81 bits per heavy atom. The molecule has 0 amide bonds. The largest absolute Gasteiger partial charge is 0.487 e. The Morgan fingerprint density at radius 3 is 2.43 bits per heavy atom. The molecule has 1 aromatic rings. The maximum Gasteiger partial charge on any atom is 0.225 e. The average Bonchev–Trinajstić information content (AvgIpc) is 2.57. The fraction of sp³-hybridized carbons (Fsp3) is 0.750. The van der Waals surface area contributed by atoms with Crippen molar-refractivity contribution in [2.45, 2.75) is 45.1 Å². The number of piperidine rings is 2. The highest BCUT2D eigenvalue weighted by atomic mass is 16.5. The molecule has 0 atom stereocenters. The summed E-state index contributed by atoms with van der Waals surface area (Å²) in [6, 6.07) is 0. The minimum absolute atomic E-state index is 0.306. The summed E-state index contributed by atoms with van der Waals surface area (Å²) in [5.74, 6) is 2.53. The summed E-state index contributed by atoms with van der Waals surface area (Å²) >= 11 is 0. The van der Waals surface area contributed by atoms with Crippen molar-refractivity contribution in [3.8, 4) is 5.75 Å². The molecule has 5 heteroatoms. The number of ether oxygens (including phenoxy) is 1. The molecule has 116 valence electrons. The van der Waals surface area contributed by atoms with Gasteiger partial charge in [-0.15, -0.1) is 0 Å². The van der Waals surface area contributed by atoms with Crippen molar-refractivity contribution in [2.75, 3.05) is 31.1 Å². The zero-order chi connectivity index (χ0) is 14.5. The molecule has 2 aliphatic rings. The van der Waals surface area contributed by atoms with Crippen molar-refractivity contribution in [1.82, 2.24) is 15.3 Å². The van der Waals surface area contributed by atoms with E-state index in [1.807, 2.05) is 12.4 Å². The van der Waals surface area contributed by atoms with Crippen LogP contribution in [0.15, 0.2) is 12.4 Å². The fourth-order valence-electron chi connectivity index (χ4n) is 3.18. The third-order valence-corrected chi connectivity index (χ3v) is 4.68. The third-order valence-electron chi connectivity index (χ3n) is 4.68. The van der Waals surface area contributed by atoms with Crippen LogP contribution < -0.4 is 15.0 Å². The standard InChI is InChI=1S/C16H26N4O/c1-2-13-5-9-20(10-6-13)16-18-11-15(12-19-16)21-14-3-7-17-8-4-14/h11-14,17H,2-10H2,1H3. The van der Waals surface area contributed by atoms with Crippen LogP contribution in [-0.2, 0) is 0 Å². The van der Waals surface area contributed by atoms with Gasteiger partial charge in [-0.05, 0) is 44.7 Å². The van der Waals surface area contributed by atoms with Crippen LogP contribution in [0.25, 0.3) is 0 Å². The molecule has 1 N–H and O–H groups in total. The highest BCUT2D eigenvalue weighted by Gasteiger charge is 2.20. The summed E-state index contributed by atoms with van der Waals surface area (Å²) in [6.45, 7) is 6.51. The van der Waals surface area contributed by atoms with Crippen molar-refractivity contribution >= 4 is 5.95 Å². The highest BCUT2D eigenvalue weighted by molar-refractivity contribution is 5.32. The van der Waals surface area contributed by atoms with E-state index in [9.17, 15) is 0 Å². The second-order valence-electron chi connectivity index (χ2n) is 6.12. The van der Waals surface area contributed by atoms with E-state index in [0.717, 1.165) is 56.6 Å². The molecule has 2 saturated heterocycles. The minimum atomic E-state index is 0.306. The van der Waals surface area contributed by atoms with Gasteiger partial charge in [0.25, 0.3) is 0 Å². The van der Waals surface area contributed by atoms with E-state index < -0.39 is 0 Å². The molecule has 2 fully saturated rings. The number of nitrogens with zero attached hydrogens (tertiary/aromatic N) is 3. The minimum Gasteiger partial charge on any atom is -0.487 e. The van der Waals surface area contributed by atoms with Crippen LogP contribution in [0.4, 0.5) is 5.95 Å². The van der Waals surface area contributed by atoms with E-state index >= 15 is 0 Å². The third kappa shape index (κ3) is 3.84. The average molecular weight is 290 g/mol. The Morgan fingerprint density at radius 1 is 1.14 bits per heavy atom. The summed E-state index contributed by atoms with van der Waals surface area (Å²) in [7, 11) is 0. The first kappa shape index (κ1) is 14.6. The zero-order valence-corrected chi connectivity index (χ0v) is 12.9. The van der Waals surface area contributed by atoms with Crippen molar-refractivity contribution in [1.29, 1.82) is 0 Å². The van der Waals surface area contributed by atoms with Gasteiger partial charge >= 0.3 is 0 Å². The van der Waals surface area contributed by atoms with Gasteiger partial charge < -0.3 is 15.0 Å². The summed E-state index contributed by atoms with van der Waals surface area (Å²) in [5, 5.41) is 3.34. The van der Waals surface area contributed by atoms with Gasteiger partial charge in [0.1, 0.15) is 6.10 Å². The van der Waals surface area contributed by atoms with E-state index in [0.29, 0.717) is 6.10 Å². The number of hydrogen-bond acceptors (Lipinski definition) is 5. The first-order chi connectivity index (χ1) is 10.3. The van der Waals surface area contributed by atoms with Crippen LogP contribution in [0, 0.1) is 5.92 Å². The molecule has 0 radical (unpaired) electrons. The van der Waals surface area contributed by atoms with Gasteiger partial charge in [0.05, 0.1) is 12.4 Å². The summed E-state index contributed by atoms with van der Waals surface area (Å²) < 4.78 is 5.95. The maximum atomic E-state index is 5.95. The quantitative estimate of drug-likeness (QED) is 0.921. The monoisotopic (exact) mass is 290 g/mol. The van der Waals surface area contributed by atoms with Crippen molar-refractivity contribution in [3.05, 3.63) is 12.4 Å². The SMILES string of the molecule is CCC1CCN(c2ncc(OC3CCNCC3)cn2)CC1. The Hall–Kier alpha value is -1.36. The highest BCUT2D eigenvalue weighted by Crippen LogP contribution is 2.23. The second-order valence-corrected chi connectivity index (χ2v) is 6.12. The van der Waals surface area contributed by atoms with Gasteiger partial charge in [-0.2, -0.15) is 0 Å². The number of aromatic nitrogens is 2. The smallest absolute Gasteiger partial charge is 0.225 e. The molecular weight excluding hydrogens is 264 g/mol. The zero-order valence-electron chi connectivity index (χ0n) is 12.9. The summed E-state index contributed by atoms with van der Waals surface area (Å²) in [5.41, 5.74) is 0. The molecule has 21 heavy (non-hydrogen) atoms. The van der Waals surface area contributed by atoms with Crippen LogP contribution >= 0.6 is 0 Å². The maximum absolute atomic E-state index is 5.95. The molecule has 3 heterocycles. The van der Waals surface area contributed by atoms with Crippen LogP contribution in [0.5, 0.6) is 5.75 Å².